The molecule has 142 valence electrons. The molecule has 1 heterocycles. The van der Waals surface area contributed by atoms with Crippen molar-refractivity contribution in [3.05, 3.63) is 36.4 Å². The maximum absolute atomic E-state index is 11.6. The summed E-state index contributed by atoms with van der Waals surface area (Å²) in [5.74, 6) is -0.0291. The topological polar surface area (TPSA) is 157 Å². The lowest BCUT2D eigenvalue weighted by molar-refractivity contribution is -0.134. The Balaban J connectivity index is 2.14. The molecule has 2 aromatic rings. The number of carbonyl (C=O) groups excluding carboxylic acids is 2. The molecule has 0 saturated carbocycles. The number of benzene rings is 1. The average molecular weight is 371 g/mol. The number of nitrogen functional groups attached to an aromatic ring is 1. The number of azo groups is 1. The normalized spacial score (nSPS) is 10.7. The number of nitrogens with one attached hydrogen (secondary N) is 2. The van der Waals surface area contributed by atoms with Gasteiger partial charge in [0.25, 0.3) is 0 Å². The highest BCUT2D eigenvalue weighted by molar-refractivity contribution is 5.91. The average Bonchev–Trinajstić information content (AvgIpc) is 2.62. The summed E-state index contributed by atoms with van der Waals surface area (Å²) < 4.78 is 5.22. The van der Waals surface area contributed by atoms with Gasteiger partial charge in [-0.3, -0.25) is 9.59 Å². The van der Waals surface area contributed by atoms with Crippen molar-refractivity contribution in [2.45, 2.75) is 6.42 Å². The van der Waals surface area contributed by atoms with Crippen LogP contribution in [0.2, 0.25) is 0 Å². The van der Waals surface area contributed by atoms with E-state index in [4.69, 9.17) is 16.2 Å². The molecule has 0 unspecified atom stereocenters. The van der Waals surface area contributed by atoms with Crippen LogP contribution in [0.5, 0.6) is 5.75 Å². The zero-order chi connectivity index (χ0) is 19.6. The van der Waals surface area contributed by atoms with Crippen molar-refractivity contribution in [2.24, 2.45) is 16.0 Å². The van der Waals surface area contributed by atoms with Crippen molar-refractivity contribution in [3.63, 3.8) is 0 Å². The monoisotopic (exact) mass is 371 g/mol. The standard InChI is InChI=1S/C17H21N7O3/c1-20-10-15(25)21-14-7-6-12(17(19)22-14)24-23-11-4-2-3-5-13(11)27-16(26)8-9-18/h2-7,20H,8-10,18H2,1H3,(H3,19,21,22,25)/b24-23+. The highest BCUT2D eigenvalue weighted by atomic mass is 16.5. The number of nitrogens with zero attached hydrogens (tertiary/aromatic N) is 3. The summed E-state index contributed by atoms with van der Waals surface area (Å²) in [6.45, 7) is 0.352. The number of para-hydroxylation sites is 1. The summed E-state index contributed by atoms with van der Waals surface area (Å²) in [4.78, 5) is 27.2. The summed E-state index contributed by atoms with van der Waals surface area (Å²) in [6.07, 6.45) is 0.100. The second kappa shape index (κ2) is 9.94. The molecule has 10 nitrogen and oxygen atoms in total. The Bertz CT molecular complexity index is 839. The second-order valence-electron chi connectivity index (χ2n) is 5.36. The maximum Gasteiger partial charge on any atom is 0.312 e. The minimum Gasteiger partial charge on any atom is -0.424 e. The number of ether oxygens (including phenoxy) is 1. The van der Waals surface area contributed by atoms with Gasteiger partial charge in [-0.15, -0.1) is 10.2 Å². The molecule has 1 aromatic carbocycles. The van der Waals surface area contributed by atoms with E-state index in [-0.39, 0.29) is 37.0 Å². The van der Waals surface area contributed by atoms with E-state index in [9.17, 15) is 9.59 Å². The van der Waals surface area contributed by atoms with Crippen LogP contribution in [-0.2, 0) is 9.59 Å². The predicted octanol–water partition coefficient (Wildman–Crippen LogP) is 1.49. The second-order valence-corrected chi connectivity index (χ2v) is 5.36. The Hall–Kier alpha value is -3.37. The summed E-state index contributed by atoms with van der Waals surface area (Å²) in [6, 6.07) is 9.82. The van der Waals surface area contributed by atoms with Crippen molar-refractivity contribution in [2.75, 3.05) is 31.2 Å². The molecule has 0 atom stereocenters. The molecule has 2 rings (SSSR count). The van der Waals surface area contributed by atoms with Crippen LogP contribution in [0.25, 0.3) is 0 Å². The number of amides is 1. The van der Waals surface area contributed by atoms with Gasteiger partial charge in [-0.25, -0.2) is 4.98 Å². The Labute approximate surface area is 156 Å². The van der Waals surface area contributed by atoms with Crippen LogP contribution in [0.15, 0.2) is 46.6 Å². The fourth-order valence-electron chi connectivity index (χ4n) is 1.99. The number of likely N-dealkylation sites (N-methyl/N-ethyl adjacent to an activating group) is 1. The molecule has 0 saturated heterocycles. The largest absolute Gasteiger partial charge is 0.424 e. The molecular weight excluding hydrogens is 350 g/mol. The number of hydrogen-bond acceptors (Lipinski definition) is 9. The maximum atomic E-state index is 11.6. The quantitative estimate of drug-likeness (QED) is 0.311. The van der Waals surface area contributed by atoms with E-state index in [1.165, 1.54) is 0 Å². The smallest absolute Gasteiger partial charge is 0.312 e. The highest BCUT2D eigenvalue weighted by Crippen LogP contribution is 2.30. The van der Waals surface area contributed by atoms with Gasteiger partial charge in [0.05, 0.1) is 13.0 Å². The molecule has 0 bridgehead atoms. The molecule has 0 aliphatic carbocycles. The molecule has 6 N–H and O–H groups in total. The summed E-state index contributed by atoms with van der Waals surface area (Å²) >= 11 is 0. The molecule has 0 radical (unpaired) electrons. The van der Waals surface area contributed by atoms with Gasteiger partial charge in [0.2, 0.25) is 5.91 Å². The van der Waals surface area contributed by atoms with Crippen molar-refractivity contribution in [1.82, 2.24) is 10.3 Å². The van der Waals surface area contributed by atoms with E-state index in [0.717, 1.165) is 0 Å². The zero-order valence-corrected chi connectivity index (χ0v) is 14.8. The molecule has 0 fully saturated rings. The number of nitrogens with two attached hydrogens (primary N) is 2. The van der Waals surface area contributed by atoms with Gasteiger partial charge in [0.15, 0.2) is 11.6 Å². The molecule has 0 spiro atoms. The zero-order valence-electron chi connectivity index (χ0n) is 14.8. The summed E-state index contributed by atoms with van der Waals surface area (Å²) in [5, 5.41) is 13.4. The van der Waals surface area contributed by atoms with Gasteiger partial charge in [-0.2, -0.15) is 0 Å². The van der Waals surface area contributed by atoms with Crippen molar-refractivity contribution < 1.29 is 14.3 Å². The van der Waals surface area contributed by atoms with Crippen LogP contribution >= 0.6 is 0 Å². The van der Waals surface area contributed by atoms with E-state index in [1.54, 1.807) is 43.4 Å². The first-order valence-corrected chi connectivity index (χ1v) is 8.16. The number of aromatic nitrogens is 1. The third-order valence-corrected chi connectivity index (χ3v) is 3.21. The molecule has 1 amide bonds. The van der Waals surface area contributed by atoms with Gasteiger partial charge in [-0.1, -0.05) is 12.1 Å². The number of hydrogen-bond donors (Lipinski definition) is 4. The summed E-state index contributed by atoms with van der Waals surface area (Å²) in [5.41, 5.74) is 11.9. The SMILES string of the molecule is CNCC(=O)Nc1ccc(/N=N/c2ccccc2OC(=O)CCN)c(N)n1. The molecule has 27 heavy (non-hydrogen) atoms. The number of pyridine rings is 1. The Morgan fingerprint density at radius 1 is 1.15 bits per heavy atom. The molecule has 0 aliphatic heterocycles. The van der Waals surface area contributed by atoms with E-state index in [0.29, 0.717) is 17.2 Å². The third kappa shape index (κ3) is 6.13. The fraction of sp³-hybridized carbons (Fsp3) is 0.235. The predicted molar refractivity (Wildman–Crippen MR) is 101 cm³/mol. The summed E-state index contributed by atoms with van der Waals surface area (Å²) in [7, 11) is 1.66. The van der Waals surface area contributed by atoms with Gasteiger partial charge in [0.1, 0.15) is 17.2 Å². The van der Waals surface area contributed by atoms with Crippen LogP contribution in [0, 0.1) is 0 Å². The Morgan fingerprint density at radius 2 is 1.89 bits per heavy atom. The number of esters is 1. The minimum atomic E-state index is -0.456. The number of carbonyl (C=O) groups is 2. The Kier molecular flexibility index (Phi) is 7.35. The van der Waals surface area contributed by atoms with Gasteiger partial charge < -0.3 is 26.8 Å². The van der Waals surface area contributed by atoms with Crippen molar-refractivity contribution >= 4 is 34.9 Å². The van der Waals surface area contributed by atoms with E-state index in [2.05, 4.69) is 25.8 Å². The third-order valence-electron chi connectivity index (χ3n) is 3.21. The van der Waals surface area contributed by atoms with Crippen molar-refractivity contribution in [3.8, 4) is 5.75 Å². The lowest BCUT2D eigenvalue weighted by atomic mass is 10.3. The van der Waals surface area contributed by atoms with Gasteiger partial charge in [0, 0.05) is 6.54 Å². The molecule has 10 heteroatoms. The minimum absolute atomic E-state index is 0.0959. The van der Waals surface area contributed by atoms with E-state index in [1.807, 2.05) is 0 Å². The first-order valence-electron chi connectivity index (χ1n) is 8.16. The lowest BCUT2D eigenvalue weighted by Crippen LogP contribution is -2.25. The van der Waals surface area contributed by atoms with Crippen LogP contribution in [0.3, 0.4) is 0 Å². The molecule has 0 aliphatic rings. The number of rotatable bonds is 8. The molecular formula is C17H21N7O3. The first-order chi connectivity index (χ1) is 13.0. The van der Waals surface area contributed by atoms with Gasteiger partial charge >= 0.3 is 5.97 Å². The Morgan fingerprint density at radius 3 is 2.59 bits per heavy atom. The van der Waals surface area contributed by atoms with Crippen LogP contribution in [0.1, 0.15) is 6.42 Å². The number of anilines is 2. The van der Waals surface area contributed by atoms with Crippen LogP contribution < -0.4 is 26.8 Å². The lowest BCUT2D eigenvalue weighted by Gasteiger charge is -2.07. The van der Waals surface area contributed by atoms with Gasteiger partial charge in [-0.05, 0) is 31.3 Å². The van der Waals surface area contributed by atoms with E-state index < -0.39 is 5.97 Å². The van der Waals surface area contributed by atoms with Crippen LogP contribution in [0.4, 0.5) is 23.0 Å². The van der Waals surface area contributed by atoms with E-state index >= 15 is 0 Å². The first kappa shape index (κ1) is 19.9. The van der Waals surface area contributed by atoms with Crippen molar-refractivity contribution in [1.29, 1.82) is 0 Å². The van der Waals surface area contributed by atoms with Crippen LogP contribution in [-0.4, -0.2) is 37.0 Å². The molecule has 1 aromatic heterocycles. The highest BCUT2D eigenvalue weighted by Gasteiger charge is 2.09. The fourth-order valence-corrected chi connectivity index (χ4v) is 1.99.